The van der Waals surface area contributed by atoms with E-state index in [0.29, 0.717) is 6.04 Å². The van der Waals surface area contributed by atoms with E-state index in [9.17, 15) is 9.59 Å². The highest BCUT2D eigenvalue weighted by Crippen LogP contribution is 2.28. The molecule has 2 fully saturated rings. The summed E-state index contributed by atoms with van der Waals surface area (Å²) >= 11 is 3.49. The fourth-order valence-electron chi connectivity index (χ4n) is 2.53. The molecule has 21 heavy (non-hydrogen) atoms. The van der Waals surface area contributed by atoms with Crippen LogP contribution in [0.4, 0.5) is 5.69 Å². The topological polar surface area (TPSA) is 61.4 Å². The molecule has 2 N–H and O–H groups in total. The Morgan fingerprint density at radius 3 is 2.86 bits per heavy atom. The monoisotopic (exact) mass is 351 g/mol. The van der Waals surface area contributed by atoms with Crippen molar-refractivity contribution in [3.8, 4) is 0 Å². The lowest BCUT2D eigenvalue weighted by atomic mass is 10.1. The third-order valence-corrected chi connectivity index (χ3v) is 4.43. The SMILES string of the molecule is CC1C(=O)NC(=O)CN1c1ccc(Br)cc1CNC1CC1. The van der Waals surface area contributed by atoms with Crippen molar-refractivity contribution in [2.75, 3.05) is 11.4 Å². The van der Waals surface area contributed by atoms with Crippen molar-refractivity contribution in [1.29, 1.82) is 0 Å². The van der Waals surface area contributed by atoms with E-state index >= 15 is 0 Å². The van der Waals surface area contributed by atoms with Crippen LogP contribution >= 0.6 is 15.9 Å². The number of rotatable bonds is 4. The van der Waals surface area contributed by atoms with Crippen LogP contribution in [0.3, 0.4) is 0 Å². The largest absolute Gasteiger partial charge is 0.350 e. The first-order valence-corrected chi connectivity index (χ1v) is 7.96. The summed E-state index contributed by atoms with van der Waals surface area (Å²) in [5, 5.41) is 5.86. The molecule has 0 radical (unpaired) electrons. The van der Waals surface area contributed by atoms with Crippen LogP contribution in [0.1, 0.15) is 25.3 Å². The molecule has 1 aromatic carbocycles. The molecule has 1 saturated carbocycles. The lowest BCUT2D eigenvalue weighted by Crippen LogP contribution is -2.57. The van der Waals surface area contributed by atoms with E-state index in [1.165, 1.54) is 12.8 Å². The zero-order valence-electron chi connectivity index (χ0n) is 11.9. The fraction of sp³-hybridized carbons (Fsp3) is 0.467. The maximum absolute atomic E-state index is 11.8. The summed E-state index contributed by atoms with van der Waals surface area (Å²) < 4.78 is 0.999. The van der Waals surface area contributed by atoms with Gasteiger partial charge in [-0.05, 0) is 43.5 Å². The number of amides is 2. The van der Waals surface area contributed by atoms with Crippen molar-refractivity contribution in [3.05, 3.63) is 28.2 Å². The minimum absolute atomic E-state index is 0.213. The molecular formula is C15H18BrN3O2. The van der Waals surface area contributed by atoms with Crippen LogP contribution < -0.4 is 15.5 Å². The van der Waals surface area contributed by atoms with Gasteiger partial charge in [-0.1, -0.05) is 15.9 Å². The molecule has 2 aliphatic rings. The van der Waals surface area contributed by atoms with E-state index in [0.717, 1.165) is 22.3 Å². The summed E-state index contributed by atoms with van der Waals surface area (Å²) in [6, 6.07) is 6.23. The minimum Gasteiger partial charge on any atom is -0.350 e. The second-order valence-corrected chi connectivity index (χ2v) is 6.56. The summed E-state index contributed by atoms with van der Waals surface area (Å²) in [7, 11) is 0. The predicted molar refractivity (Wildman–Crippen MR) is 84.0 cm³/mol. The van der Waals surface area contributed by atoms with Gasteiger partial charge >= 0.3 is 0 Å². The van der Waals surface area contributed by atoms with E-state index in [2.05, 4.69) is 32.6 Å². The van der Waals surface area contributed by atoms with Crippen LogP contribution in [-0.4, -0.2) is 30.4 Å². The minimum atomic E-state index is -0.344. The van der Waals surface area contributed by atoms with Crippen molar-refractivity contribution < 1.29 is 9.59 Å². The fourth-order valence-corrected chi connectivity index (χ4v) is 2.93. The molecule has 1 aromatic rings. The average molecular weight is 352 g/mol. The van der Waals surface area contributed by atoms with Gasteiger partial charge < -0.3 is 10.2 Å². The molecule has 3 rings (SSSR count). The number of benzene rings is 1. The van der Waals surface area contributed by atoms with Crippen LogP contribution in [-0.2, 0) is 16.1 Å². The van der Waals surface area contributed by atoms with Gasteiger partial charge in [0.2, 0.25) is 11.8 Å². The summed E-state index contributed by atoms with van der Waals surface area (Å²) in [5.74, 6) is -0.489. The first-order chi connectivity index (χ1) is 10.0. The van der Waals surface area contributed by atoms with E-state index in [1.807, 2.05) is 24.0 Å². The van der Waals surface area contributed by atoms with Crippen molar-refractivity contribution in [2.24, 2.45) is 0 Å². The van der Waals surface area contributed by atoms with Gasteiger partial charge in [-0.15, -0.1) is 0 Å². The Balaban J connectivity index is 1.88. The molecular weight excluding hydrogens is 334 g/mol. The number of imide groups is 1. The van der Waals surface area contributed by atoms with Gasteiger partial charge in [0, 0.05) is 22.7 Å². The number of piperazine rings is 1. The number of hydrogen-bond acceptors (Lipinski definition) is 4. The smallest absolute Gasteiger partial charge is 0.249 e. The van der Waals surface area contributed by atoms with Crippen molar-refractivity contribution >= 4 is 33.4 Å². The Bertz CT molecular complexity index is 586. The number of halogens is 1. The van der Waals surface area contributed by atoms with Crippen LogP contribution in [0.15, 0.2) is 22.7 Å². The second-order valence-electron chi connectivity index (χ2n) is 5.64. The number of anilines is 1. The molecule has 2 amide bonds. The Labute approximate surface area is 132 Å². The van der Waals surface area contributed by atoms with Gasteiger partial charge in [0.05, 0.1) is 6.54 Å². The van der Waals surface area contributed by atoms with Gasteiger partial charge in [0.1, 0.15) is 6.04 Å². The van der Waals surface area contributed by atoms with E-state index in [-0.39, 0.29) is 24.4 Å². The maximum atomic E-state index is 11.8. The van der Waals surface area contributed by atoms with Crippen molar-refractivity contribution in [3.63, 3.8) is 0 Å². The molecule has 1 saturated heterocycles. The molecule has 5 nitrogen and oxygen atoms in total. The molecule has 0 spiro atoms. The highest BCUT2D eigenvalue weighted by atomic mass is 79.9. The third kappa shape index (κ3) is 3.27. The molecule has 1 aliphatic heterocycles. The van der Waals surface area contributed by atoms with Crippen LogP contribution in [0.25, 0.3) is 0 Å². The first-order valence-electron chi connectivity index (χ1n) is 7.17. The standard InChI is InChI=1S/C15H18BrN3O2/c1-9-15(21)18-14(20)8-19(9)13-5-2-11(16)6-10(13)7-17-12-3-4-12/h2,5-6,9,12,17H,3-4,7-8H2,1H3,(H,18,20,21). The molecule has 1 aliphatic carbocycles. The first kappa shape index (κ1) is 14.5. The number of nitrogens with zero attached hydrogens (tertiary/aromatic N) is 1. The summed E-state index contributed by atoms with van der Waals surface area (Å²) in [5.41, 5.74) is 2.05. The van der Waals surface area contributed by atoms with E-state index in [1.54, 1.807) is 0 Å². The molecule has 1 atom stereocenters. The van der Waals surface area contributed by atoms with Crippen LogP contribution in [0, 0.1) is 0 Å². The maximum Gasteiger partial charge on any atom is 0.249 e. The van der Waals surface area contributed by atoms with Gasteiger partial charge in [-0.25, -0.2) is 0 Å². The summed E-state index contributed by atoms with van der Waals surface area (Å²) in [4.78, 5) is 25.4. The third-order valence-electron chi connectivity index (χ3n) is 3.93. The Hall–Kier alpha value is -1.40. The van der Waals surface area contributed by atoms with Gasteiger partial charge in [-0.2, -0.15) is 0 Å². The molecule has 0 bridgehead atoms. The molecule has 112 valence electrons. The van der Waals surface area contributed by atoms with Crippen molar-refractivity contribution in [1.82, 2.24) is 10.6 Å². The highest BCUT2D eigenvalue weighted by molar-refractivity contribution is 9.10. The number of hydrogen-bond donors (Lipinski definition) is 2. The molecule has 0 aromatic heterocycles. The molecule has 1 heterocycles. The molecule has 1 unspecified atom stereocenters. The van der Waals surface area contributed by atoms with Gasteiger partial charge in [-0.3, -0.25) is 14.9 Å². The lowest BCUT2D eigenvalue weighted by molar-refractivity contribution is -0.132. The zero-order chi connectivity index (χ0) is 15.0. The van der Waals surface area contributed by atoms with Gasteiger partial charge in [0.15, 0.2) is 0 Å². The Kier molecular flexibility index (Phi) is 3.99. The van der Waals surface area contributed by atoms with Crippen LogP contribution in [0.2, 0.25) is 0 Å². The highest BCUT2D eigenvalue weighted by Gasteiger charge is 2.31. The van der Waals surface area contributed by atoms with Crippen molar-refractivity contribution in [2.45, 2.75) is 38.4 Å². The van der Waals surface area contributed by atoms with E-state index < -0.39 is 0 Å². The van der Waals surface area contributed by atoms with Crippen LogP contribution in [0.5, 0.6) is 0 Å². The molecule has 6 heteroatoms. The Morgan fingerprint density at radius 2 is 2.14 bits per heavy atom. The number of carbonyl (C=O) groups excluding carboxylic acids is 2. The second kappa shape index (κ2) is 5.77. The number of carbonyl (C=O) groups is 2. The zero-order valence-corrected chi connectivity index (χ0v) is 13.4. The quantitative estimate of drug-likeness (QED) is 0.808. The Morgan fingerprint density at radius 1 is 1.38 bits per heavy atom. The van der Waals surface area contributed by atoms with E-state index in [4.69, 9.17) is 0 Å². The normalized spacial score (nSPS) is 22.4. The number of nitrogens with one attached hydrogen (secondary N) is 2. The van der Waals surface area contributed by atoms with Gasteiger partial charge in [0.25, 0.3) is 0 Å². The average Bonchev–Trinajstić information content (AvgIpc) is 3.25. The summed E-state index contributed by atoms with van der Waals surface area (Å²) in [6.45, 7) is 2.78. The summed E-state index contributed by atoms with van der Waals surface area (Å²) in [6.07, 6.45) is 2.45. The lowest BCUT2D eigenvalue weighted by Gasteiger charge is -2.35. The predicted octanol–water partition coefficient (Wildman–Crippen LogP) is 1.55.